The molecule has 2 amide bonds. The van der Waals surface area contributed by atoms with Gasteiger partial charge in [-0.1, -0.05) is 41.6 Å². The Hall–Kier alpha value is -4.18. The van der Waals surface area contributed by atoms with Crippen LogP contribution in [-0.2, 0) is 20.9 Å². The Balaban J connectivity index is 1.61. The van der Waals surface area contributed by atoms with Crippen molar-refractivity contribution in [3.63, 3.8) is 0 Å². The van der Waals surface area contributed by atoms with Gasteiger partial charge >= 0.3 is 5.97 Å². The van der Waals surface area contributed by atoms with Crippen LogP contribution in [0.4, 0.5) is 5.69 Å². The fourth-order valence-electron chi connectivity index (χ4n) is 4.12. The van der Waals surface area contributed by atoms with Gasteiger partial charge in [0.25, 0.3) is 5.91 Å². The lowest BCUT2D eigenvalue weighted by Gasteiger charge is -2.23. The molecule has 2 aromatic carbocycles. The number of amides is 2. The Labute approximate surface area is 205 Å². The number of amidine groups is 1. The number of nitrogens with zero attached hydrogens (tertiary/aromatic N) is 2. The first-order valence-electron chi connectivity index (χ1n) is 10.8. The summed E-state index contributed by atoms with van der Waals surface area (Å²) in [6, 6.07) is 16.1. The molecule has 4 rings (SSSR count). The van der Waals surface area contributed by atoms with Crippen LogP contribution in [-0.4, -0.2) is 42.5 Å². The smallest absolute Gasteiger partial charge is 0.306 e. The number of benzene rings is 2. The van der Waals surface area contributed by atoms with Gasteiger partial charge in [-0.05, 0) is 40.3 Å². The average Bonchev–Trinajstić information content (AvgIpc) is 3.34. The van der Waals surface area contributed by atoms with Gasteiger partial charge in [-0.15, -0.1) is 11.3 Å². The van der Waals surface area contributed by atoms with Gasteiger partial charge < -0.3 is 21.0 Å². The van der Waals surface area contributed by atoms with E-state index in [2.05, 4.69) is 10.5 Å². The number of carbonyl (C=O) groups is 3. The second-order valence-electron chi connectivity index (χ2n) is 7.95. The van der Waals surface area contributed by atoms with Crippen LogP contribution in [0.15, 0.2) is 65.1 Å². The number of carbonyl (C=O) groups excluding carboxylic acids is 3. The summed E-state index contributed by atoms with van der Waals surface area (Å²) >= 11 is 1.29. The van der Waals surface area contributed by atoms with Gasteiger partial charge in [0.2, 0.25) is 5.91 Å². The van der Waals surface area contributed by atoms with Crippen molar-refractivity contribution < 1.29 is 24.3 Å². The fourth-order valence-corrected chi connectivity index (χ4v) is 4.94. The van der Waals surface area contributed by atoms with Crippen LogP contribution < -0.4 is 16.0 Å². The van der Waals surface area contributed by atoms with E-state index in [1.165, 1.54) is 23.3 Å². The van der Waals surface area contributed by atoms with Crippen molar-refractivity contribution in [1.82, 2.24) is 5.32 Å². The first-order valence-corrected chi connectivity index (χ1v) is 11.7. The number of rotatable bonds is 7. The maximum absolute atomic E-state index is 13.6. The Morgan fingerprint density at radius 3 is 2.63 bits per heavy atom. The van der Waals surface area contributed by atoms with Crippen LogP contribution in [0, 0.1) is 0 Å². The summed E-state index contributed by atoms with van der Waals surface area (Å²) in [6.07, 6.45) is 0.0681. The van der Waals surface area contributed by atoms with Gasteiger partial charge in [0.05, 0.1) is 18.4 Å². The fraction of sp³-hybridized carbons (Fsp3) is 0.200. The highest BCUT2D eigenvalue weighted by Crippen LogP contribution is 2.40. The van der Waals surface area contributed by atoms with Gasteiger partial charge in [-0.25, -0.2) is 0 Å². The number of esters is 1. The van der Waals surface area contributed by atoms with Crippen LogP contribution in [0.5, 0.6) is 0 Å². The molecule has 0 saturated heterocycles. The SMILES string of the molecule is COC(=O)CC1c2ccccc2C(=O)N(CC(=O)NCc2csc(/C(N)=N/O)c2)c2ccccc21. The van der Waals surface area contributed by atoms with Crippen molar-refractivity contribution in [2.75, 3.05) is 18.6 Å². The minimum atomic E-state index is -0.394. The lowest BCUT2D eigenvalue weighted by molar-refractivity contribution is -0.140. The van der Waals surface area contributed by atoms with Crippen LogP contribution in [0.1, 0.15) is 44.3 Å². The number of oxime groups is 1. The molecule has 4 N–H and O–H groups in total. The largest absolute Gasteiger partial charge is 0.469 e. The summed E-state index contributed by atoms with van der Waals surface area (Å²) in [6.45, 7) is 0.0195. The molecule has 1 atom stereocenters. The molecule has 2 heterocycles. The topological polar surface area (TPSA) is 134 Å². The third-order valence-corrected chi connectivity index (χ3v) is 6.82. The van der Waals surface area contributed by atoms with Crippen LogP contribution in [0.25, 0.3) is 0 Å². The summed E-state index contributed by atoms with van der Waals surface area (Å²) in [5.41, 5.74) is 8.88. The molecule has 0 fully saturated rings. The number of ether oxygens (including phenoxy) is 1. The van der Waals surface area contributed by atoms with E-state index in [-0.39, 0.29) is 43.1 Å². The Bertz CT molecular complexity index is 1300. The Morgan fingerprint density at radius 2 is 1.89 bits per heavy atom. The first-order chi connectivity index (χ1) is 16.9. The molecular formula is C25H24N4O5S. The molecule has 0 bridgehead atoms. The molecule has 9 nitrogen and oxygen atoms in total. The quantitative estimate of drug-likeness (QED) is 0.153. The Kier molecular flexibility index (Phi) is 7.11. The maximum atomic E-state index is 13.6. The summed E-state index contributed by atoms with van der Waals surface area (Å²) in [4.78, 5) is 40.8. The molecule has 10 heteroatoms. The second-order valence-corrected chi connectivity index (χ2v) is 8.86. The first kappa shape index (κ1) is 24.0. The zero-order chi connectivity index (χ0) is 24.9. The summed E-state index contributed by atoms with van der Waals surface area (Å²) in [5.74, 6) is -1.46. The molecule has 0 radical (unpaired) electrons. The van der Waals surface area contributed by atoms with Crippen molar-refractivity contribution in [3.8, 4) is 0 Å². The highest BCUT2D eigenvalue weighted by atomic mass is 32.1. The molecule has 3 aromatic rings. The van der Waals surface area contributed by atoms with Crippen LogP contribution >= 0.6 is 11.3 Å². The van der Waals surface area contributed by atoms with E-state index < -0.39 is 5.92 Å². The highest BCUT2D eigenvalue weighted by Gasteiger charge is 2.34. The maximum Gasteiger partial charge on any atom is 0.306 e. The number of methoxy groups -OCH3 is 1. The third kappa shape index (κ3) is 5.02. The molecule has 0 saturated carbocycles. The second kappa shape index (κ2) is 10.4. The highest BCUT2D eigenvalue weighted by molar-refractivity contribution is 7.12. The number of nitrogens with one attached hydrogen (secondary N) is 1. The van der Waals surface area contributed by atoms with E-state index in [9.17, 15) is 14.4 Å². The monoisotopic (exact) mass is 492 g/mol. The average molecular weight is 493 g/mol. The zero-order valence-corrected chi connectivity index (χ0v) is 19.7. The lowest BCUT2D eigenvalue weighted by Crippen LogP contribution is -2.40. The van der Waals surface area contributed by atoms with E-state index >= 15 is 0 Å². The number of thiophene rings is 1. The minimum Gasteiger partial charge on any atom is -0.469 e. The van der Waals surface area contributed by atoms with Crippen LogP contribution in [0.2, 0.25) is 0 Å². The standard InChI is InChI=1S/C25H24N4O5S/c1-34-23(31)11-19-16-6-2-3-8-18(16)25(32)29(20-9-5-4-7-17(19)20)13-22(30)27-12-15-10-21(35-14-15)24(26)28-33/h2-10,14,19,33H,11-13H2,1H3,(H2,26,28)(H,27,30). The molecule has 1 aliphatic rings. The van der Waals surface area contributed by atoms with Gasteiger partial charge in [0.15, 0.2) is 5.84 Å². The number of fused-ring (bicyclic) bond motifs is 2. The Morgan fingerprint density at radius 1 is 1.17 bits per heavy atom. The summed E-state index contributed by atoms with van der Waals surface area (Å²) in [5, 5.41) is 16.4. The molecule has 35 heavy (non-hydrogen) atoms. The van der Waals surface area contributed by atoms with E-state index in [0.29, 0.717) is 21.7 Å². The molecular weight excluding hydrogens is 468 g/mol. The van der Waals surface area contributed by atoms with E-state index in [4.69, 9.17) is 15.7 Å². The number of anilines is 1. The number of hydrogen-bond donors (Lipinski definition) is 3. The molecule has 1 unspecified atom stereocenters. The molecule has 0 spiro atoms. The normalized spacial score (nSPS) is 15.1. The molecule has 1 aromatic heterocycles. The van der Waals surface area contributed by atoms with Gasteiger partial charge in [-0.2, -0.15) is 0 Å². The zero-order valence-electron chi connectivity index (χ0n) is 18.9. The van der Waals surface area contributed by atoms with Crippen molar-refractivity contribution in [3.05, 3.63) is 87.1 Å². The molecule has 0 aliphatic carbocycles. The van der Waals surface area contributed by atoms with Crippen molar-refractivity contribution in [1.29, 1.82) is 0 Å². The van der Waals surface area contributed by atoms with Gasteiger partial charge in [0.1, 0.15) is 6.54 Å². The summed E-state index contributed by atoms with van der Waals surface area (Å²) in [7, 11) is 1.33. The van der Waals surface area contributed by atoms with E-state index in [1.54, 1.807) is 35.7 Å². The van der Waals surface area contributed by atoms with Crippen molar-refractivity contribution >= 4 is 40.6 Å². The van der Waals surface area contributed by atoms with Crippen molar-refractivity contribution in [2.24, 2.45) is 10.9 Å². The van der Waals surface area contributed by atoms with Crippen molar-refractivity contribution in [2.45, 2.75) is 18.9 Å². The van der Waals surface area contributed by atoms with E-state index in [1.807, 2.05) is 24.3 Å². The van der Waals surface area contributed by atoms with Gasteiger partial charge in [0, 0.05) is 23.7 Å². The number of nitrogens with two attached hydrogens (primary N) is 1. The third-order valence-electron chi connectivity index (χ3n) is 5.82. The predicted octanol–water partition coefficient (Wildman–Crippen LogP) is 2.81. The molecule has 1 aliphatic heterocycles. The summed E-state index contributed by atoms with van der Waals surface area (Å²) < 4.78 is 4.91. The van der Waals surface area contributed by atoms with Crippen LogP contribution in [0.3, 0.4) is 0 Å². The number of hydrogen-bond acceptors (Lipinski definition) is 7. The molecule has 180 valence electrons. The minimum absolute atomic E-state index is 0.000443. The lowest BCUT2D eigenvalue weighted by atomic mass is 9.86. The predicted molar refractivity (Wildman–Crippen MR) is 132 cm³/mol. The number of para-hydroxylation sites is 1. The van der Waals surface area contributed by atoms with E-state index in [0.717, 1.165) is 11.1 Å². The van der Waals surface area contributed by atoms with Gasteiger partial charge in [-0.3, -0.25) is 19.3 Å².